The highest BCUT2D eigenvalue weighted by molar-refractivity contribution is 6.05. The molecule has 0 aliphatic rings. The Morgan fingerprint density at radius 2 is 1.88 bits per heavy atom. The summed E-state index contributed by atoms with van der Waals surface area (Å²) in [6.07, 6.45) is 0. The van der Waals surface area contributed by atoms with Gasteiger partial charge in [0.15, 0.2) is 0 Å². The molecule has 5 heteroatoms. The van der Waals surface area contributed by atoms with Crippen molar-refractivity contribution in [3.05, 3.63) is 70.6 Å². The molecular formula is C19H18N2O3. The number of hydrogen-bond donors (Lipinski definition) is 1. The van der Waals surface area contributed by atoms with E-state index in [2.05, 4.69) is 5.32 Å². The highest BCUT2D eigenvalue weighted by Crippen LogP contribution is 2.20. The van der Waals surface area contributed by atoms with E-state index in [0.717, 1.165) is 0 Å². The molecule has 0 saturated heterocycles. The van der Waals surface area contributed by atoms with Crippen molar-refractivity contribution in [2.75, 3.05) is 12.4 Å². The molecule has 1 aromatic heterocycles. The number of aromatic nitrogens is 1. The fraction of sp³-hybridized carbons (Fsp3) is 0.158. The van der Waals surface area contributed by atoms with Crippen molar-refractivity contribution in [3.63, 3.8) is 0 Å². The Hall–Kier alpha value is -3.08. The molecule has 1 heterocycles. The quantitative estimate of drug-likeness (QED) is 0.802. The van der Waals surface area contributed by atoms with Crippen molar-refractivity contribution >= 4 is 22.4 Å². The molecule has 2 aromatic carbocycles. The first kappa shape index (κ1) is 15.8. The van der Waals surface area contributed by atoms with E-state index in [9.17, 15) is 9.59 Å². The number of anilines is 1. The van der Waals surface area contributed by atoms with E-state index in [4.69, 9.17) is 4.74 Å². The monoisotopic (exact) mass is 322 g/mol. The lowest BCUT2D eigenvalue weighted by molar-refractivity contribution is 0.101. The predicted octanol–water partition coefficient (Wildman–Crippen LogP) is 3.28. The van der Waals surface area contributed by atoms with E-state index in [1.54, 1.807) is 43.5 Å². The number of nitrogens with zero attached hydrogens (tertiary/aromatic N) is 1. The van der Waals surface area contributed by atoms with Crippen LogP contribution in [0.5, 0.6) is 5.75 Å². The van der Waals surface area contributed by atoms with Crippen LogP contribution >= 0.6 is 0 Å². The van der Waals surface area contributed by atoms with E-state index in [0.29, 0.717) is 34.4 Å². The van der Waals surface area contributed by atoms with Crippen LogP contribution in [0.15, 0.2) is 59.4 Å². The third-order valence-electron chi connectivity index (χ3n) is 3.90. The lowest BCUT2D eigenvalue weighted by Gasteiger charge is -2.13. The molecule has 0 atom stereocenters. The van der Waals surface area contributed by atoms with Gasteiger partial charge in [-0.05, 0) is 48.7 Å². The van der Waals surface area contributed by atoms with Gasteiger partial charge in [-0.1, -0.05) is 18.2 Å². The molecule has 0 unspecified atom stereocenters. The van der Waals surface area contributed by atoms with Gasteiger partial charge in [0.1, 0.15) is 11.4 Å². The zero-order valence-corrected chi connectivity index (χ0v) is 13.6. The number of fused-ring (bicyclic) bond motifs is 1. The molecule has 122 valence electrons. The van der Waals surface area contributed by atoms with E-state index in [-0.39, 0.29) is 11.5 Å². The third-order valence-corrected chi connectivity index (χ3v) is 3.90. The normalized spacial score (nSPS) is 10.6. The van der Waals surface area contributed by atoms with Crippen LogP contribution < -0.4 is 15.6 Å². The molecule has 1 amide bonds. The van der Waals surface area contributed by atoms with Crippen LogP contribution in [0.25, 0.3) is 10.8 Å². The number of carbonyl (C=O) groups excluding carboxylic acids is 1. The zero-order valence-electron chi connectivity index (χ0n) is 13.6. The molecule has 1 N–H and O–H groups in total. The smallest absolute Gasteiger partial charge is 0.272 e. The molecule has 3 aromatic rings. The number of para-hydroxylation sites is 1. The highest BCUT2D eigenvalue weighted by Gasteiger charge is 2.15. The summed E-state index contributed by atoms with van der Waals surface area (Å²) in [4.78, 5) is 25.3. The van der Waals surface area contributed by atoms with Crippen molar-refractivity contribution in [2.45, 2.75) is 13.5 Å². The summed E-state index contributed by atoms with van der Waals surface area (Å²) in [5, 5.41) is 4.07. The topological polar surface area (TPSA) is 60.3 Å². The van der Waals surface area contributed by atoms with Gasteiger partial charge in [-0.25, -0.2) is 0 Å². The summed E-state index contributed by atoms with van der Waals surface area (Å²) in [5.41, 5.74) is 0.825. The second kappa shape index (κ2) is 6.58. The van der Waals surface area contributed by atoms with Crippen molar-refractivity contribution < 1.29 is 9.53 Å². The Labute approximate surface area is 139 Å². The van der Waals surface area contributed by atoms with Crippen LogP contribution in [-0.2, 0) is 6.54 Å². The first-order chi connectivity index (χ1) is 11.6. The minimum atomic E-state index is -0.315. The third kappa shape index (κ3) is 2.88. The first-order valence-corrected chi connectivity index (χ1v) is 7.72. The summed E-state index contributed by atoms with van der Waals surface area (Å²) in [6.45, 7) is 2.26. The number of carbonyl (C=O) groups is 1. The van der Waals surface area contributed by atoms with Gasteiger partial charge in [-0.3, -0.25) is 9.59 Å². The number of rotatable bonds is 4. The lowest BCUT2D eigenvalue weighted by atomic mass is 10.1. The zero-order chi connectivity index (χ0) is 17.1. The number of hydrogen-bond acceptors (Lipinski definition) is 3. The van der Waals surface area contributed by atoms with Crippen molar-refractivity contribution in [2.24, 2.45) is 0 Å². The van der Waals surface area contributed by atoms with Crippen LogP contribution in [0.2, 0.25) is 0 Å². The van der Waals surface area contributed by atoms with Crippen molar-refractivity contribution in [1.82, 2.24) is 4.57 Å². The van der Waals surface area contributed by atoms with Gasteiger partial charge in [-0.2, -0.15) is 0 Å². The van der Waals surface area contributed by atoms with Gasteiger partial charge in [0, 0.05) is 17.6 Å². The summed E-state index contributed by atoms with van der Waals surface area (Å²) < 4.78 is 6.68. The van der Waals surface area contributed by atoms with Crippen LogP contribution in [-0.4, -0.2) is 17.6 Å². The standard InChI is InChI=1S/C19H18N2O3/c1-3-21-17(18(22)20-14-7-5-4-6-8-14)12-13-11-15(24-2)9-10-16(13)19(21)23/h4-12H,3H2,1-2H3,(H,20,22). The molecule has 0 fully saturated rings. The maximum Gasteiger partial charge on any atom is 0.272 e. The van der Waals surface area contributed by atoms with Crippen LogP contribution in [0.1, 0.15) is 17.4 Å². The number of amides is 1. The fourth-order valence-corrected chi connectivity index (χ4v) is 2.68. The van der Waals surface area contributed by atoms with E-state index in [1.807, 2.05) is 25.1 Å². The summed E-state index contributed by atoms with van der Waals surface area (Å²) in [5.74, 6) is 0.329. The second-order valence-electron chi connectivity index (χ2n) is 5.35. The number of benzene rings is 2. The van der Waals surface area contributed by atoms with Gasteiger partial charge < -0.3 is 14.6 Å². The molecule has 0 aliphatic heterocycles. The van der Waals surface area contributed by atoms with Crippen LogP contribution in [0, 0.1) is 0 Å². The average Bonchev–Trinajstić information content (AvgIpc) is 2.62. The molecule has 0 radical (unpaired) electrons. The Kier molecular flexibility index (Phi) is 4.33. The maximum absolute atomic E-state index is 12.7. The minimum absolute atomic E-state index is 0.184. The Morgan fingerprint density at radius 1 is 1.12 bits per heavy atom. The first-order valence-electron chi connectivity index (χ1n) is 7.72. The predicted molar refractivity (Wildman–Crippen MR) is 94.8 cm³/mol. The number of pyridine rings is 1. The second-order valence-corrected chi connectivity index (χ2v) is 5.35. The minimum Gasteiger partial charge on any atom is -0.497 e. The van der Waals surface area contributed by atoms with Gasteiger partial charge in [-0.15, -0.1) is 0 Å². The molecule has 0 spiro atoms. The molecule has 24 heavy (non-hydrogen) atoms. The molecular weight excluding hydrogens is 304 g/mol. The summed E-state index contributed by atoms with van der Waals surface area (Å²) in [7, 11) is 1.57. The SMILES string of the molecule is CCn1c(C(=O)Nc2ccccc2)cc2cc(OC)ccc2c1=O. The average molecular weight is 322 g/mol. The summed E-state index contributed by atoms with van der Waals surface area (Å²) >= 11 is 0. The highest BCUT2D eigenvalue weighted by atomic mass is 16.5. The van der Waals surface area contributed by atoms with E-state index >= 15 is 0 Å². The molecule has 0 bridgehead atoms. The maximum atomic E-state index is 12.7. The van der Waals surface area contributed by atoms with Gasteiger partial charge in [0.2, 0.25) is 0 Å². The van der Waals surface area contributed by atoms with Gasteiger partial charge >= 0.3 is 0 Å². The molecule has 3 rings (SSSR count). The molecule has 5 nitrogen and oxygen atoms in total. The molecule has 0 aliphatic carbocycles. The van der Waals surface area contributed by atoms with Crippen molar-refractivity contribution in [3.8, 4) is 5.75 Å². The Balaban J connectivity index is 2.11. The van der Waals surface area contributed by atoms with Crippen molar-refractivity contribution in [1.29, 1.82) is 0 Å². The van der Waals surface area contributed by atoms with Crippen LogP contribution in [0.4, 0.5) is 5.69 Å². The van der Waals surface area contributed by atoms with Gasteiger partial charge in [0.05, 0.1) is 7.11 Å². The summed E-state index contributed by atoms with van der Waals surface area (Å²) in [6, 6.07) is 16.1. The number of ether oxygens (including phenoxy) is 1. The fourth-order valence-electron chi connectivity index (χ4n) is 2.68. The number of methoxy groups -OCH3 is 1. The van der Waals surface area contributed by atoms with E-state index < -0.39 is 0 Å². The Bertz CT molecular complexity index is 946. The number of nitrogens with one attached hydrogen (secondary N) is 1. The molecule has 0 saturated carbocycles. The van der Waals surface area contributed by atoms with Crippen LogP contribution in [0.3, 0.4) is 0 Å². The lowest BCUT2D eigenvalue weighted by Crippen LogP contribution is -2.28. The largest absolute Gasteiger partial charge is 0.497 e. The van der Waals surface area contributed by atoms with Gasteiger partial charge in [0.25, 0.3) is 11.5 Å². The Morgan fingerprint density at radius 3 is 2.54 bits per heavy atom. The van der Waals surface area contributed by atoms with E-state index in [1.165, 1.54) is 4.57 Å².